The number of ketones is 1. The van der Waals surface area contributed by atoms with E-state index >= 15 is 0 Å². The Balaban J connectivity index is 2.91. The van der Waals surface area contributed by atoms with E-state index < -0.39 is 6.04 Å². The van der Waals surface area contributed by atoms with Crippen LogP contribution in [0, 0.1) is 12.8 Å². The Kier molecular flexibility index (Phi) is 4.71. The van der Waals surface area contributed by atoms with Crippen molar-refractivity contribution in [2.75, 3.05) is 0 Å². The van der Waals surface area contributed by atoms with E-state index in [4.69, 9.17) is 17.3 Å². The molecule has 0 amide bonds. The van der Waals surface area contributed by atoms with E-state index in [0.717, 1.165) is 11.4 Å². The molecule has 1 aromatic rings. The Morgan fingerprint density at radius 1 is 1.53 bits per heavy atom. The molecule has 0 saturated heterocycles. The highest BCUT2D eigenvalue weighted by Crippen LogP contribution is 2.21. The van der Waals surface area contributed by atoms with Crippen LogP contribution in [0.3, 0.4) is 0 Å². The van der Waals surface area contributed by atoms with Crippen molar-refractivity contribution in [1.82, 2.24) is 9.78 Å². The second-order valence-corrected chi connectivity index (χ2v) is 4.95. The molecule has 1 atom stereocenters. The zero-order chi connectivity index (χ0) is 13.2. The zero-order valence-corrected chi connectivity index (χ0v) is 11.6. The fraction of sp³-hybridized carbons (Fsp3) is 0.667. The highest BCUT2D eigenvalue weighted by Gasteiger charge is 2.21. The van der Waals surface area contributed by atoms with Crippen LogP contribution >= 0.6 is 11.6 Å². The molecule has 1 unspecified atom stereocenters. The van der Waals surface area contributed by atoms with Gasteiger partial charge in [-0.3, -0.25) is 9.48 Å². The molecule has 5 heteroatoms. The summed E-state index contributed by atoms with van der Waals surface area (Å²) in [5, 5.41) is 4.86. The van der Waals surface area contributed by atoms with Crippen LogP contribution in [0.15, 0.2) is 0 Å². The van der Waals surface area contributed by atoms with Gasteiger partial charge in [-0.1, -0.05) is 25.4 Å². The molecular formula is C12H20ClN3O. The molecular weight excluding hydrogens is 238 g/mol. The van der Waals surface area contributed by atoms with E-state index in [1.54, 1.807) is 4.68 Å². The number of nitrogens with two attached hydrogens (primary N) is 1. The standard InChI is InChI=1S/C12H20ClN3O/c1-5-16-9(11(13)8(4)15-16)6-10(17)12(14)7(2)3/h7,12H,5-6,14H2,1-4H3. The first-order chi connectivity index (χ1) is 7.88. The fourth-order valence-corrected chi connectivity index (χ4v) is 1.89. The molecule has 17 heavy (non-hydrogen) atoms. The number of aromatic nitrogens is 2. The van der Waals surface area contributed by atoms with Crippen LogP contribution < -0.4 is 5.73 Å². The number of carbonyl (C=O) groups is 1. The van der Waals surface area contributed by atoms with Crippen molar-refractivity contribution in [3.8, 4) is 0 Å². The molecule has 2 N–H and O–H groups in total. The molecule has 1 aromatic heterocycles. The van der Waals surface area contributed by atoms with Crippen LogP contribution in [0.5, 0.6) is 0 Å². The topological polar surface area (TPSA) is 60.9 Å². The summed E-state index contributed by atoms with van der Waals surface area (Å²) in [5.74, 6) is 0.150. The van der Waals surface area contributed by atoms with Gasteiger partial charge in [0.25, 0.3) is 0 Å². The summed E-state index contributed by atoms with van der Waals surface area (Å²) in [6, 6.07) is -0.438. The molecule has 96 valence electrons. The van der Waals surface area contributed by atoms with Crippen molar-refractivity contribution in [2.45, 2.75) is 46.7 Å². The molecule has 0 aromatic carbocycles. The Hall–Kier alpha value is -0.870. The Morgan fingerprint density at radius 2 is 2.12 bits per heavy atom. The lowest BCUT2D eigenvalue weighted by molar-refractivity contribution is -0.120. The maximum absolute atomic E-state index is 12.0. The normalized spacial score (nSPS) is 13.1. The van der Waals surface area contributed by atoms with E-state index in [0.29, 0.717) is 11.6 Å². The smallest absolute Gasteiger partial charge is 0.155 e. The SMILES string of the molecule is CCn1nc(C)c(Cl)c1CC(=O)C(N)C(C)C. The molecule has 0 radical (unpaired) electrons. The molecule has 0 spiro atoms. The number of carbonyl (C=O) groups excluding carboxylic acids is 1. The molecule has 0 saturated carbocycles. The van der Waals surface area contributed by atoms with Crippen LogP contribution in [0.1, 0.15) is 32.2 Å². The van der Waals surface area contributed by atoms with Gasteiger partial charge in [0.15, 0.2) is 5.78 Å². The number of hydrogen-bond acceptors (Lipinski definition) is 3. The van der Waals surface area contributed by atoms with Gasteiger partial charge in [-0.15, -0.1) is 0 Å². The first-order valence-electron chi connectivity index (χ1n) is 5.88. The molecule has 0 aliphatic carbocycles. The average Bonchev–Trinajstić information content (AvgIpc) is 2.55. The molecule has 4 nitrogen and oxygen atoms in total. The summed E-state index contributed by atoms with van der Waals surface area (Å²) in [5.41, 5.74) is 7.36. The minimum Gasteiger partial charge on any atom is -0.321 e. The summed E-state index contributed by atoms with van der Waals surface area (Å²) in [7, 11) is 0. The first kappa shape index (κ1) is 14.2. The van der Waals surface area contributed by atoms with Crippen LogP contribution in [0.4, 0.5) is 0 Å². The highest BCUT2D eigenvalue weighted by molar-refractivity contribution is 6.32. The van der Waals surface area contributed by atoms with Crippen molar-refractivity contribution in [2.24, 2.45) is 11.7 Å². The van der Waals surface area contributed by atoms with Gasteiger partial charge < -0.3 is 5.73 Å². The van der Waals surface area contributed by atoms with Crippen LogP contribution in [-0.4, -0.2) is 21.6 Å². The first-order valence-corrected chi connectivity index (χ1v) is 6.26. The molecule has 0 bridgehead atoms. The summed E-state index contributed by atoms with van der Waals surface area (Å²) < 4.78 is 1.77. The van der Waals surface area contributed by atoms with E-state index in [9.17, 15) is 4.79 Å². The molecule has 0 fully saturated rings. The van der Waals surface area contributed by atoms with Crippen LogP contribution in [0.25, 0.3) is 0 Å². The minimum atomic E-state index is -0.438. The maximum atomic E-state index is 12.0. The van der Waals surface area contributed by atoms with Gasteiger partial charge >= 0.3 is 0 Å². The summed E-state index contributed by atoms with van der Waals surface area (Å²) in [6.07, 6.45) is 0.257. The summed E-state index contributed by atoms with van der Waals surface area (Å²) in [4.78, 5) is 12.0. The molecule has 0 aliphatic heterocycles. The van der Waals surface area contributed by atoms with E-state index in [1.807, 2.05) is 27.7 Å². The third-order valence-corrected chi connectivity index (χ3v) is 3.38. The third kappa shape index (κ3) is 3.07. The van der Waals surface area contributed by atoms with E-state index in [-0.39, 0.29) is 18.1 Å². The van der Waals surface area contributed by atoms with Crippen molar-refractivity contribution in [3.05, 3.63) is 16.4 Å². The van der Waals surface area contributed by atoms with Crippen molar-refractivity contribution < 1.29 is 4.79 Å². The molecule has 1 rings (SSSR count). The summed E-state index contributed by atoms with van der Waals surface area (Å²) >= 11 is 6.14. The van der Waals surface area contributed by atoms with Crippen LogP contribution in [-0.2, 0) is 17.8 Å². The lowest BCUT2D eigenvalue weighted by atomic mass is 9.98. The Bertz CT molecular complexity index is 412. The van der Waals surface area contributed by atoms with Crippen molar-refractivity contribution in [3.63, 3.8) is 0 Å². The Morgan fingerprint density at radius 3 is 2.59 bits per heavy atom. The van der Waals surface area contributed by atoms with Gasteiger partial charge in [-0.2, -0.15) is 5.10 Å². The third-order valence-electron chi connectivity index (χ3n) is 2.88. The van der Waals surface area contributed by atoms with Gasteiger partial charge in [0.05, 0.1) is 28.9 Å². The van der Waals surface area contributed by atoms with Gasteiger partial charge in [-0.25, -0.2) is 0 Å². The average molecular weight is 258 g/mol. The quantitative estimate of drug-likeness (QED) is 0.877. The highest BCUT2D eigenvalue weighted by atomic mass is 35.5. The second kappa shape index (κ2) is 5.65. The lowest BCUT2D eigenvalue weighted by Crippen LogP contribution is -2.37. The molecule has 0 aliphatic rings. The van der Waals surface area contributed by atoms with Gasteiger partial charge in [-0.05, 0) is 19.8 Å². The second-order valence-electron chi connectivity index (χ2n) is 4.57. The number of rotatable bonds is 5. The van der Waals surface area contributed by atoms with Crippen molar-refractivity contribution in [1.29, 1.82) is 0 Å². The maximum Gasteiger partial charge on any atom is 0.155 e. The summed E-state index contributed by atoms with van der Waals surface area (Å²) in [6.45, 7) is 8.39. The minimum absolute atomic E-state index is 0.0106. The van der Waals surface area contributed by atoms with Gasteiger partial charge in [0.2, 0.25) is 0 Å². The molecule has 1 heterocycles. The monoisotopic (exact) mass is 257 g/mol. The van der Waals surface area contributed by atoms with Gasteiger partial charge in [0.1, 0.15) is 0 Å². The fourth-order valence-electron chi connectivity index (χ4n) is 1.69. The largest absolute Gasteiger partial charge is 0.321 e. The Labute approximate surface area is 107 Å². The number of nitrogens with zero attached hydrogens (tertiary/aromatic N) is 2. The van der Waals surface area contributed by atoms with Crippen molar-refractivity contribution >= 4 is 17.4 Å². The number of halogens is 1. The van der Waals surface area contributed by atoms with E-state index in [1.165, 1.54) is 0 Å². The van der Waals surface area contributed by atoms with Crippen LogP contribution in [0.2, 0.25) is 5.02 Å². The predicted molar refractivity (Wildman–Crippen MR) is 69.2 cm³/mol. The number of Topliss-reactive ketones (excluding diaryl/α,β-unsaturated/α-hetero) is 1. The van der Waals surface area contributed by atoms with Gasteiger partial charge in [0, 0.05) is 6.54 Å². The number of hydrogen-bond donors (Lipinski definition) is 1. The predicted octanol–water partition coefficient (Wildman–Crippen LogP) is 1.96. The zero-order valence-electron chi connectivity index (χ0n) is 10.8. The number of aryl methyl sites for hydroxylation is 2. The lowest BCUT2D eigenvalue weighted by Gasteiger charge is -2.14. The van der Waals surface area contributed by atoms with E-state index in [2.05, 4.69) is 5.10 Å².